The topological polar surface area (TPSA) is 0 Å². The zero-order valence-corrected chi connectivity index (χ0v) is 6.83. The van der Waals surface area contributed by atoms with Crippen LogP contribution in [0, 0.1) is 11.8 Å². The molecule has 0 aliphatic heterocycles. The quantitative estimate of drug-likeness (QED) is 0.413. The van der Waals surface area contributed by atoms with Gasteiger partial charge in [-0.15, -0.1) is 23.4 Å². The van der Waals surface area contributed by atoms with Crippen LogP contribution in [0.5, 0.6) is 0 Å². The van der Waals surface area contributed by atoms with Gasteiger partial charge in [0.1, 0.15) is 0 Å². The highest BCUT2D eigenvalue weighted by molar-refractivity contribution is 6.20. The Morgan fingerprint density at radius 2 is 2.11 bits per heavy atom. The summed E-state index contributed by atoms with van der Waals surface area (Å²) in [5, 5.41) is 0.203. The maximum absolute atomic E-state index is 5.65. The van der Waals surface area contributed by atoms with Crippen LogP contribution in [0.2, 0.25) is 0 Å². The summed E-state index contributed by atoms with van der Waals surface area (Å²) in [5.41, 5.74) is 0. The van der Waals surface area contributed by atoms with Gasteiger partial charge in [0.25, 0.3) is 0 Å². The van der Waals surface area contributed by atoms with Crippen molar-refractivity contribution in [2.24, 2.45) is 0 Å². The molecule has 0 N–H and O–H groups in total. The monoisotopic (exact) mass is 144 g/mol. The molecular weight excluding hydrogens is 132 g/mol. The SMILES string of the molecule is CCCC#CCC(C)Cl. The van der Waals surface area contributed by atoms with Gasteiger partial charge in [0.05, 0.1) is 0 Å². The van der Waals surface area contributed by atoms with Crippen molar-refractivity contribution >= 4 is 11.6 Å². The maximum atomic E-state index is 5.65. The largest absolute Gasteiger partial charge is 0.122 e. The summed E-state index contributed by atoms with van der Waals surface area (Å²) in [4.78, 5) is 0. The Morgan fingerprint density at radius 3 is 2.56 bits per heavy atom. The molecule has 0 nitrogen and oxygen atoms in total. The Labute approximate surface area is 62.6 Å². The minimum atomic E-state index is 0.203. The molecule has 0 aliphatic rings. The van der Waals surface area contributed by atoms with Gasteiger partial charge >= 0.3 is 0 Å². The van der Waals surface area contributed by atoms with Crippen LogP contribution in [-0.4, -0.2) is 5.38 Å². The van der Waals surface area contributed by atoms with Crippen LogP contribution in [0.15, 0.2) is 0 Å². The predicted octanol–water partition coefficient (Wildman–Crippen LogP) is 2.81. The van der Waals surface area contributed by atoms with Crippen molar-refractivity contribution in [1.29, 1.82) is 0 Å². The van der Waals surface area contributed by atoms with Crippen molar-refractivity contribution in [1.82, 2.24) is 0 Å². The molecule has 1 atom stereocenters. The molecule has 0 bridgehead atoms. The molecular formula is C8H13Cl. The first kappa shape index (κ1) is 8.85. The fraction of sp³-hybridized carbons (Fsp3) is 0.750. The fourth-order valence-electron chi connectivity index (χ4n) is 0.426. The summed E-state index contributed by atoms with van der Waals surface area (Å²) in [5.74, 6) is 6.04. The lowest BCUT2D eigenvalue weighted by Gasteiger charge is -1.89. The van der Waals surface area contributed by atoms with Gasteiger partial charge in [0.15, 0.2) is 0 Å². The molecule has 1 unspecified atom stereocenters. The van der Waals surface area contributed by atoms with E-state index in [1.807, 2.05) is 6.92 Å². The Morgan fingerprint density at radius 1 is 1.44 bits per heavy atom. The van der Waals surface area contributed by atoms with Gasteiger partial charge in [-0.2, -0.15) is 0 Å². The normalized spacial score (nSPS) is 11.9. The molecule has 0 heterocycles. The molecule has 0 saturated carbocycles. The van der Waals surface area contributed by atoms with E-state index in [0.717, 1.165) is 19.3 Å². The molecule has 0 aromatic carbocycles. The first-order valence-corrected chi connectivity index (χ1v) is 3.80. The number of alkyl halides is 1. The Balaban J connectivity index is 3.16. The van der Waals surface area contributed by atoms with Gasteiger partial charge < -0.3 is 0 Å². The molecule has 0 saturated heterocycles. The molecule has 0 fully saturated rings. The van der Waals surface area contributed by atoms with E-state index in [4.69, 9.17) is 11.6 Å². The molecule has 9 heavy (non-hydrogen) atoms. The highest BCUT2D eigenvalue weighted by Gasteiger charge is 1.87. The third kappa shape index (κ3) is 7.85. The molecule has 0 spiro atoms. The van der Waals surface area contributed by atoms with Crippen LogP contribution in [0.3, 0.4) is 0 Å². The first-order valence-electron chi connectivity index (χ1n) is 3.37. The van der Waals surface area contributed by atoms with Crippen molar-refractivity contribution in [3.63, 3.8) is 0 Å². The first-order chi connectivity index (χ1) is 4.27. The van der Waals surface area contributed by atoms with Crippen molar-refractivity contribution < 1.29 is 0 Å². The molecule has 0 aromatic rings. The summed E-state index contributed by atoms with van der Waals surface area (Å²) in [7, 11) is 0. The van der Waals surface area contributed by atoms with E-state index < -0.39 is 0 Å². The minimum absolute atomic E-state index is 0.203. The zero-order chi connectivity index (χ0) is 7.11. The summed E-state index contributed by atoms with van der Waals surface area (Å²) in [6.45, 7) is 4.08. The third-order valence-corrected chi connectivity index (χ3v) is 1.04. The van der Waals surface area contributed by atoms with Crippen molar-refractivity contribution in [3.8, 4) is 11.8 Å². The highest BCUT2D eigenvalue weighted by Crippen LogP contribution is 1.97. The number of hydrogen-bond acceptors (Lipinski definition) is 0. The van der Waals surface area contributed by atoms with E-state index in [1.165, 1.54) is 0 Å². The molecule has 0 amide bonds. The minimum Gasteiger partial charge on any atom is -0.122 e. The van der Waals surface area contributed by atoms with E-state index in [2.05, 4.69) is 18.8 Å². The van der Waals surface area contributed by atoms with Gasteiger partial charge in [-0.05, 0) is 13.3 Å². The van der Waals surface area contributed by atoms with Crippen LogP contribution in [0.1, 0.15) is 33.1 Å². The van der Waals surface area contributed by atoms with Gasteiger partial charge in [0.2, 0.25) is 0 Å². The molecule has 0 radical (unpaired) electrons. The molecule has 0 aliphatic carbocycles. The van der Waals surface area contributed by atoms with E-state index in [1.54, 1.807) is 0 Å². The Hall–Kier alpha value is -0.150. The standard InChI is InChI=1S/C8H13Cl/c1-3-4-5-6-7-8(2)9/h8H,3-4,7H2,1-2H3. The number of halogens is 1. The van der Waals surface area contributed by atoms with Crippen molar-refractivity contribution in [2.45, 2.75) is 38.5 Å². The average molecular weight is 145 g/mol. The third-order valence-electron chi connectivity index (χ3n) is 0.883. The van der Waals surface area contributed by atoms with E-state index >= 15 is 0 Å². The summed E-state index contributed by atoms with van der Waals surface area (Å²) in [6.07, 6.45) is 2.97. The van der Waals surface area contributed by atoms with Crippen LogP contribution < -0.4 is 0 Å². The molecule has 0 rings (SSSR count). The lowest BCUT2D eigenvalue weighted by Crippen LogP contribution is -1.85. The summed E-state index contributed by atoms with van der Waals surface area (Å²) in [6, 6.07) is 0. The molecule has 52 valence electrons. The smallest absolute Gasteiger partial charge is 0.0417 e. The highest BCUT2D eigenvalue weighted by atomic mass is 35.5. The Bertz CT molecular complexity index is 105. The maximum Gasteiger partial charge on any atom is 0.0417 e. The van der Waals surface area contributed by atoms with Crippen LogP contribution >= 0.6 is 11.6 Å². The van der Waals surface area contributed by atoms with Gasteiger partial charge in [-0.1, -0.05) is 6.92 Å². The van der Waals surface area contributed by atoms with Gasteiger partial charge in [0, 0.05) is 18.2 Å². The van der Waals surface area contributed by atoms with Crippen LogP contribution in [0.25, 0.3) is 0 Å². The van der Waals surface area contributed by atoms with E-state index in [0.29, 0.717) is 0 Å². The number of hydrogen-bond donors (Lipinski definition) is 0. The summed E-state index contributed by atoms with van der Waals surface area (Å²) < 4.78 is 0. The zero-order valence-electron chi connectivity index (χ0n) is 6.08. The fourth-order valence-corrected chi connectivity index (χ4v) is 0.503. The Kier molecular flexibility index (Phi) is 5.88. The summed E-state index contributed by atoms with van der Waals surface area (Å²) >= 11 is 5.65. The second kappa shape index (κ2) is 5.98. The lowest BCUT2D eigenvalue weighted by molar-refractivity contribution is 0.965. The number of rotatable bonds is 2. The molecule has 1 heteroatoms. The van der Waals surface area contributed by atoms with Gasteiger partial charge in [-0.25, -0.2) is 0 Å². The predicted molar refractivity (Wildman–Crippen MR) is 42.6 cm³/mol. The average Bonchev–Trinajstić information content (AvgIpc) is 1.80. The number of unbranched alkanes of at least 4 members (excludes halogenated alkanes) is 1. The van der Waals surface area contributed by atoms with E-state index in [-0.39, 0.29) is 5.38 Å². The van der Waals surface area contributed by atoms with Gasteiger partial charge in [-0.3, -0.25) is 0 Å². The van der Waals surface area contributed by atoms with Crippen LogP contribution in [-0.2, 0) is 0 Å². The van der Waals surface area contributed by atoms with E-state index in [9.17, 15) is 0 Å². The second-order valence-electron chi connectivity index (χ2n) is 2.09. The second-order valence-corrected chi connectivity index (χ2v) is 2.83. The molecule has 0 aromatic heterocycles. The van der Waals surface area contributed by atoms with Crippen molar-refractivity contribution in [3.05, 3.63) is 0 Å². The van der Waals surface area contributed by atoms with Crippen LogP contribution in [0.4, 0.5) is 0 Å². The van der Waals surface area contributed by atoms with Crippen molar-refractivity contribution in [2.75, 3.05) is 0 Å². The lowest BCUT2D eigenvalue weighted by atomic mass is 10.3.